The quantitative estimate of drug-likeness (QED) is 0.487. The molecule has 0 bridgehead atoms. The van der Waals surface area contributed by atoms with E-state index in [0.29, 0.717) is 16.4 Å². The highest BCUT2D eigenvalue weighted by molar-refractivity contribution is 6.30. The number of halogens is 4. The highest BCUT2D eigenvalue weighted by Gasteiger charge is 2.39. The lowest BCUT2D eigenvalue weighted by molar-refractivity contribution is -0.137. The first kappa shape index (κ1) is 21.9. The minimum absolute atomic E-state index is 0.138. The summed E-state index contributed by atoms with van der Waals surface area (Å²) in [6, 6.07) is 17.2. The van der Waals surface area contributed by atoms with Crippen LogP contribution in [0.1, 0.15) is 28.4 Å². The zero-order chi connectivity index (χ0) is 23.0. The first-order chi connectivity index (χ1) is 15.2. The Balaban J connectivity index is 1.73. The summed E-state index contributed by atoms with van der Waals surface area (Å²) in [5.74, 6) is -1.01. The van der Waals surface area contributed by atoms with Crippen LogP contribution in [0, 0.1) is 0 Å². The number of para-hydroxylation sites is 2. The van der Waals surface area contributed by atoms with E-state index in [-0.39, 0.29) is 18.0 Å². The molecule has 0 aromatic heterocycles. The minimum atomic E-state index is -4.58. The molecule has 1 heterocycles. The molecular weight excluding hydrogens is 441 g/mol. The molecule has 1 aliphatic heterocycles. The number of carbonyl (C=O) groups excluding carboxylic acids is 2. The zero-order valence-electron chi connectivity index (χ0n) is 16.9. The van der Waals surface area contributed by atoms with Gasteiger partial charge in [0.25, 0.3) is 5.91 Å². The van der Waals surface area contributed by atoms with Crippen molar-refractivity contribution in [2.24, 2.45) is 0 Å². The molecule has 0 aliphatic carbocycles. The van der Waals surface area contributed by atoms with Crippen LogP contribution in [0.5, 0.6) is 0 Å². The molecule has 0 saturated carbocycles. The predicted octanol–water partition coefficient (Wildman–Crippen LogP) is 5.94. The fraction of sp³-hybridized carbons (Fsp3) is 0.167. The summed E-state index contributed by atoms with van der Waals surface area (Å²) in [4.78, 5) is 29.4. The lowest BCUT2D eigenvalue weighted by atomic mass is 10.0. The Kier molecular flexibility index (Phi) is 5.69. The second-order valence-electron chi connectivity index (χ2n) is 7.47. The Morgan fingerprint density at radius 1 is 0.969 bits per heavy atom. The number of hydrogen-bond donors (Lipinski definition) is 0. The zero-order valence-corrected chi connectivity index (χ0v) is 17.7. The summed E-state index contributed by atoms with van der Waals surface area (Å²) in [6.07, 6.45) is -4.58. The van der Waals surface area contributed by atoms with E-state index in [9.17, 15) is 22.8 Å². The van der Waals surface area contributed by atoms with E-state index in [1.807, 2.05) is 12.1 Å². The fourth-order valence-electron chi connectivity index (χ4n) is 3.75. The Hall–Kier alpha value is -3.32. The molecule has 3 aromatic rings. The third-order valence-electron chi connectivity index (χ3n) is 5.35. The van der Waals surface area contributed by atoms with Crippen LogP contribution in [0.3, 0.4) is 0 Å². The summed E-state index contributed by atoms with van der Waals surface area (Å²) in [7, 11) is 0. The molecule has 1 atom stereocenters. The van der Waals surface area contributed by atoms with Crippen LogP contribution in [-0.4, -0.2) is 17.9 Å². The van der Waals surface area contributed by atoms with Gasteiger partial charge in [0.2, 0.25) is 5.91 Å². The van der Waals surface area contributed by atoms with Crippen LogP contribution < -0.4 is 9.80 Å². The molecule has 164 valence electrons. The SMILES string of the molecule is CC1C(=O)N(Cc2ccc(Cl)cc2)c2ccccc2N1C(=O)c1cccc(C(F)(F)F)c1. The lowest BCUT2D eigenvalue weighted by Gasteiger charge is -2.40. The lowest BCUT2D eigenvalue weighted by Crippen LogP contribution is -2.54. The molecule has 1 unspecified atom stereocenters. The Bertz CT molecular complexity index is 1180. The number of alkyl halides is 3. The number of carbonyl (C=O) groups is 2. The first-order valence-corrected chi connectivity index (χ1v) is 10.2. The molecule has 0 spiro atoms. The maximum Gasteiger partial charge on any atom is 0.416 e. The molecular formula is C24H18ClF3N2O2. The average Bonchev–Trinajstić information content (AvgIpc) is 2.77. The van der Waals surface area contributed by atoms with Gasteiger partial charge in [-0.15, -0.1) is 0 Å². The highest BCUT2D eigenvalue weighted by Crippen LogP contribution is 2.38. The van der Waals surface area contributed by atoms with Crippen LogP contribution in [0.15, 0.2) is 72.8 Å². The summed E-state index contributed by atoms with van der Waals surface area (Å²) in [5, 5.41) is 0.574. The van der Waals surface area contributed by atoms with Crippen LogP contribution in [0.4, 0.5) is 24.5 Å². The van der Waals surface area contributed by atoms with Gasteiger partial charge < -0.3 is 4.90 Å². The normalized spacial score (nSPS) is 16.2. The maximum absolute atomic E-state index is 13.3. The van der Waals surface area contributed by atoms with Gasteiger partial charge in [-0.1, -0.05) is 41.9 Å². The van der Waals surface area contributed by atoms with Gasteiger partial charge >= 0.3 is 6.18 Å². The van der Waals surface area contributed by atoms with E-state index < -0.39 is 23.7 Å². The molecule has 0 saturated heterocycles. The second kappa shape index (κ2) is 8.31. The van der Waals surface area contributed by atoms with Crippen LogP contribution >= 0.6 is 11.6 Å². The monoisotopic (exact) mass is 458 g/mol. The van der Waals surface area contributed by atoms with E-state index >= 15 is 0 Å². The molecule has 32 heavy (non-hydrogen) atoms. The molecule has 8 heteroatoms. The summed E-state index contributed by atoms with van der Waals surface area (Å²) < 4.78 is 39.4. The number of fused-ring (bicyclic) bond motifs is 1. The van der Waals surface area contributed by atoms with E-state index in [1.54, 1.807) is 48.2 Å². The van der Waals surface area contributed by atoms with E-state index in [2.05, 4.69) is 0 Å². The van der Waals surface area contributed by atoms with Gasteiger partial charge in [-0.2, -0.15) is 13.2 Å². The van der Waals surface area contributed by atoms with Gasteiger partial charge in [0.15, 0.2) is 0 Å². The van der Waals surface area contributed by atoms with Gasteiger partial charge in [-0.25, -0.2) is 0 Å². The smallest absolute Gasteiger partial charge is 0.304 e. The first-order valence-electron chi connectivity index (χ1n) is 9.82. The molecule has 0 radical (unpaired) electrons. The Labute approximate surface area is 187 Å². The number of hydrogen-bond acceptors (Lipinski definition) is 2. The number of benzene rings is 3. The third kappa shape index (κ3) is 4.08. The van der Waals surface area contributed by atoms with Crippen molar-refractivity contribution in [1.29, 1.82) is 0 Å². The van der Waals surface area contributed by atoms with Crippen LogP contribution in [0.2, 0.25) is 5.02 Å². The maximum atomic E-state index is 13.3. The van der Waals surface area contributed by atoms with Gasteiger partial charge in [0.05, 0.1) is 23.5 Å². The van der Waals surface area contributed by atoms with Crippen molar-refractivity contribution < 1.29 is 22.8 Å². The van der Waals surface area contributed by atoms with E-state index in [1.165, 1.54) is 17.0 Å². The summed E-state index contributed by atoms with van der Waals surface area (Å²) in [6.45, 7) is 1.83. The fourth-order valence-corrected chi connectivity index (χ4v) is 3.87. The number of nitrogens with zero attached hydrogens (tertiary/aromatic N) is 2. The molecule has 4 rings (SSSR count). The Morgan fingerprint density at radius 3 is 2.28 bits per heavy atom. The van der Waals surface area contributed by atoms with Crippen molar-refractivity contribution in [3.63, 3.8) is 0 Å². The van der Waals surface area contributed by atoms with Gasteiger partial charge in [-0.05, 0) is 55.0 Å². The molecule has 1 aliphatic rings. The topological polar surface area (TPSA) is 40.6 Å². The van der Waals surface area contributed by atoms with Crippen molar-refractivity contribution in [2.45, 2.75) is 25.7 Å². The number of anilines is 2. The van der Waals surface area contributed by atoms with Crippen molar-refractivity contribution in [3.8, 4) is 0 Å². The standard InChI is InChI=1S/C24H18ClF3N2O2/c1-15-22(31)29(14-16-9-11-19(25)12-10-16)20-7-2-3-8-21(20)30(15)23(32)17-5-4-6-18(13-17)24(26,27)28/h2-13,15H,14H2,1H3. The van der Waals surface area contributed by atoms with Gasteiger partial charge in [0.1, 0.15) is 6.04 Å². The largest absolute Gasteiger partial charge is 0.416 e. The average molecular weight is 459 g/mol. The van der Waals surface area contributed by atoms with Crippen LogP contribution in [-0.2, 0) is 17.5 Å². The number of amides is 2. The second-order valence-corrected chi connectivity index (χ2v) is 7.91. The predicted molar refractivity (Wildman–Crippen MR) is 117 cm³/mol. The van der Waals surface area contributed by atoms with Crippen molar-refractivity contribution in [2.75, 3.05) is 9.80 Å². The number of rotatable bonds is 3. The summed E-state index contributed by atoms with van der Waals surface area (Å²) >= 11 is 5.94. The van der Waals surface area contributed by atoms with Gasteiger partial charge in [0, 0.05) is 10.6 Å². The van der Waals surface area contributed by atoms with Crippen molar-refractivity contribution in [3.05, 3.63) is 94.5 Å². The van der Waals surface area contributed by atoms with Crippen molar-refractivity contribution >= 4 is 34.8 Å². The van der Waals surface area contributed by atoms with E-state index in [4.69, 9.17) is 11.6 Å². The van der Waals surface area contributed by atoms with Gasteiger partial charge in [-0.3, -0.25) is 14.5 Å². The molecule has 0 N–H and O–H groups in total. The van der Waals surface area contributed by atoms with E-state index in [0.717, 1.165) is 17.7 Å². The molecule has 3 aromatic carbocycles. The molecule has 4 nitrogen and oxygen atoms in total. The summed E-state index contributed by atoms with van der Waals surface area (Å²) in [5.41, 5.74) is 0.752. The van der Waals surface area contributed by atoms with Crippen LogP contribution in [0.25, 0.3) is 0 Å². The molecule has 0 fully saturated rings. The Morgan fingerprint density at radius 2 is 1.62 bits per heavy atom. The highest BCUT2D eigenvalue weighted by atomic mass is 35.5. The van der Waals surface area contributed by atoms with Crippen molar-refractivity contribution in [1.82, 2.24) is 0 Å². The minimum Gasteiger partial charge on any atom is -0.304 e. The molecule has 2 amide bonds. The third-order valence-corrected chi connectivity index (χ3v) is 5.60.